The van der Waals surface area contributed by atoms with Gasteiger partial charge in [0, 0.05) is 12.1 Å². The van der Waals surface area contributed by atoms with Crippen molar-refractivity contribution in [3.8, 4) is 11.4 Å². The van der Waals surface area contributed by atoms with Crippen LogP contribution in [0.4, 0.5) is 14.7 Å². The molecule has 0 aliphatic heterocycles. The molecule has 0 spiro atoms. The van der Waals surface area contributed by atoms with Crippen LogP contribution in [0, 0.1) is 18.6 Å². The average Bonchev–Trinajstić information content (AvgIpc) is 2.75. The van der Waals surface area contributed by atoms with Crippen LogP contribution < -0.4 is 10.5 Å². The second kappa shape index (κ2) is 4.73. The lowest BCUT2D eigenvalue weighted by atomic mass is 10.2. The van der Waals surface area contributed by atoms with E-state index in [9.17, 15) is 8.78 Å². The van der Waals surface area contributed by atoms with E-state index >= 15 is 0 Å². The summed E-state index contributed by atoms with van der Waals surface area (Å²) in [5.41, 5.74) is 7.43. The molecule has 3 aromatic rings. The van der Waals surface area contributed by atoms with Crippen LogP contribution in [0.15, 0.2) is 30.3 Å². The molecular weight excluding hydrogens is 276 g/mol. The summed E-state index contributed by atoms with van der Waals surface area (Å²) >= 11 is 0. The molecule has 108 valence electrons. The van der Waals surface area contributed by atoms with E-state index in [1.165, 1.54) is 35.9 Å². The van der Waals surface area contributed by atoms with Crippen LogP contribution in [0.3, 0.4) is 0 Å². The van der Waals surface area contributed by atoms with Gasteiger partial charge in [0.25, 0.3) is 0 Å². The number of aromatic nitrogens is 2. The first-order chi connectivity index (χ1) is 10.0. The van der Waals surface area contributed by atoms with Crippen molar-refractivity contribution in [1.82, 2.24) is 9.55 Å². The Kier molecular flexibility index (Phi) is 3.01. The minimum absolute atomic E-state index is 0.0853. The quantitative estimate of drug-likeness (QED) is 0.788. The zero-order valence-electron chi connectivity index (χ0n) is 11.5. The van der Waals surface area contributed by atoms with Crippen LogP contribution in [-0.4, -0.2) is 16.7 Å². The first kappa shape index (κ1) is 13.4. The van der Waals surface area contributed by atoms with Gasteiger partial charge in [0.1, 0.15) is 17.4 Å². The highest BCUT2D eigenvalue weighted by Gasteiger charge is 2.16. The van der Waals surface area contributed by atoms with Crippen molar-refractivity contribution in [2.75, 3.05) is 12.8 Å². The standard InChI is InChI=1S/C15H13F2N3O/c1-8-5-14-12(7-11(8)17)19-15(18)20(14)13-6-9(21-2)3-4-10(13)16/h3-7H,1-2H3,(H2,18,19). The van der Waals surface area contributed by atoms with E-state index in [2.05, 4.69) is 4.98 Å². The number of hydrogen-bond acceptors (Lipinski definition) is 3. The molecule has 0 saturated heterocycles. The number of rotatable bonds is 2. The lowest BCUT2D eigenvalue weighted by Gasteiger charge is -2.10. The minimum atomic E-state index is -0.469. The fraction of sp³-hybridized carbons (Fsp3) is 0.133. The molecule has 0 radical (unpaired) electrons. The third kappa shape index (κ3) is 2.08. The third-order valence-electron chi connectivity index (χ3n) is 3.36. The molecule has 0 fully saturated rings. The highest BCUT2D eigenvalue weighted by atomic mass is 19.1. The first-order valence-electron chi connectivity index (χ1n) is 6.29. The van der Waals surface area contributed by atoms with E-state index in [0.29, 0.717) is 22.3 Å². The van der Waals surface area contributed by atoms with Gasteiger partial charge in [-0.15, -0.1) is 0 Å². The molecule has 3 rings (SSSR count). The number of nitrogens with two attached hydrogens (primary N) is 1. The summed E-state index contributed by atoms with van der Waals surface area (Å²) in [7, 11) is 1.49. The number of anilines is 1. The van der Waals surface area contributed by atoms with Gasteiger partial charge >= 0.3 is 0 Å². The van der Waals surface area contributed by atoms with Gasteiger partial charge in [-0.1, -0.05) is 0 Å². The number of aryl methyl sites for hydroxylation is 1. The number of nitrogens with zero attached hydrogens (tertiary/aromatic N) is 2. The molecule has 6 heteroatoms. The maximum absolute atomic E-state index is 14.1. The van der Waals surface area contributed by atoms with E-state index in [1.807, 2.05) is 0 Å². The zero-order valence-corrected chi connectivity index (χ0v) is 11.5. The van der Waals surface area contributed by atoms with Crippen LogP contribution in [-0.2, 0) is 0 Å². The highest BCUT2D eigenvalue weighted by Crippen LogP contribution is 2.28. The van der Waals surface area contributed by atoms with Gasteiger partial charge < -0.3 is 10.5 Å². The Bertz CT molecular complexity index is 843. The van der Waals surface area contributed by atoms with Crippen LogP contribution in [0.25, 0.3) is 16.7 Å². The number of hydrogen-bond donors (Lipinski definition) is 1. The molecule has 0 saturated carbocycles. The van der Waals surface area contributed by atoms with Crippen molar-refractivity contribution in [1.29, 1.82) is 0 Å². The van der Waals surface area contributed by atoms with Crippen molar-refractivity contribution in [3.05, 3.63) is 47.5 Å². The second-order valence-electron chi connectivity index (χ2n) is 4.71. The van der Waals surface area contributed by atoms with Crippen LogP contribution in [0.2, 0.25) is 0 Å². The largest absolute Gasteiger partial charge is 0.497 e. The Balaban J connectivity index is 2.34. The molecule has 0 aliphatic carbocycles. The van der Waals surface area contributed by atoms with Crippen molar-refractivity contribution in [2.24, 2.45) is 0 Å². The Morgan fingerprint density at radius 1 is 1.14 bits per heavy atom. The number of ether oxygens (including phenoxy) is 1. The Labute approximate surface area is 119 Å². The topological polar surface area (TPSA) is 53.1 Å². The van der Waals surface area contributed by atoms with E-state index < -0.39 is 5.82 Å². The van der Waals surface area contributed by atoms with E-state index in [4.69, 9.17) is 10.5 Å². The summed E-state index contributed by atoms with van der Waals surface area (Å²) in [5.74, 6) is -0.268. The van der Waals surface area contributed by atoms with E-state index in [1.54, 1.807) is 13.0 Å². The number of imidazole rings is 1. The average molecular weight is 289 g/mol. The van der Waals surface area contributed by atoms with Gasteiger partial charge in [0.15, 0.2) is 0 Å². The molecule has 0 bridgehead atoms. The van der Waals surface area contributed by atoms with Crippen molar-refractivity contribution in [2.45, 2.75) is 6.92 Å². The van der Waals surface area contributed by atoms with Gasteiger partial charge in [-0.2, -0.15) is 0 Å². The van der Waals surface area contributed by atoms with Gasteiger partial charge in [0.2, 0.25) is 5.95 Å². The molecule has 2 aromatic carbocycles. The monoisotopic (exact) mass is 289 g/mol. The SMILES string of the molecule is COc1ccc(F)c(-n2c(N)nc3cc(F)c(C)cc32)c1. The molecule has 1 heterocycles. The summed E-state index contributed by atoms with van der Waals surface area (Å²) in [4.78, 5) is 4.08. The number of methoxy groups -OCH3 is 1. The van der Waals surface area contributed by atoms with E-state index in [0.717, 1.165) is 0 Å². The first-order valence-corrected chi connectivity index (χ1v) is 6.29. The second-order valence-corrected chi connectivity index (χ2v) is 4.71. The van der Waals surface area contributed by atoms with Crippen LogP contribution in [0.1, 0.15) is 5.56 Å². The number of fused-ring (bicyclic) bond motifs is 1. The fourth-order valence-corrected chi connectivity index (χ4v) is 2.27. The Hall–Kier alpha value is -2.63. The van der Waals surface area contributed by atoms with Crippen LogP contribution >= 0.6 is 0 Å². The molecule has 1 aromatic heterocycles. The smallest absolute Gasteiger partial charge is 0.206 e. The molecule has 21 heavy (non-hydrogen) atoms. The lowest BCUT2D eigenvalue weighted by molar-refractivity contribution is 0.413. The predicted molar refractivity (Wildman–Crippen MR) is 76.7 cm³/mol. The number of benzene rings is 2. The molecule has 0 atom stereocenters. The van der Waals surface area contributed by atoms with Crippen molar-refractivity contribution in [3.63, 3.8) is 0 Å². The minimum Gasteiger partial charge on any atom is -0.497 e. The maximum Gasteiger partial charge on any atom is 0.206 e. The van der Waals surface area contributed by atoms with Gasteiger partial charge in [-0.05, 0) is 30.7 Å². The molecule has 0 unspecified atom stereocenters. The molecule has 4 nitrogen and oxygen atoms in total. The fourth-order valence-electron chi connectivity index (χ4n) is 2.27. The lowest BCUT2D eigenvalue weighted by Crippen LogP contribution is -2.03. The molecule has 0 aliphatic rings. The van der Waals surface area contributed by atoms with Crippen molar-refractivity contribution < 1.29 is 13.5 Å². The maximum atomic E-state index is 14.1. The predicted octanol–water partition coefficient (Wildman–Crippen LogP) is 3.20. The molecular formula is C15H13F2N3O. The third-order valence-corrected chi connectivity index (χ3v) is 3.36. The summed E-state index contributed by atoms with van der Waals surface area (Å²) in [6, 6.07) is 7.20. The zero-order chi connectivity index (χ0) is 15.1. The summed E-state index contributed by atoms with van der Waals surface area (Å²) in [5, 5.41) is 0. The summed E-state index contributed by atoms with van der Waals surface area (Å²) in [6.45, 7) is 1.63. The van der Waals surface area contributed by atoms with Gasteiger partial charge in [-0.25, -0.2) is 13.8 Å². The number of halogens is 2. The Morgan fingerprint density at radius 2 is 1.90 bits per heavy atom. The molecule has 0 amide bonds. The van der Waals surface area contributed by atoms with Crippen molar-refractivity contribution >= 4 is 17.0 Å². The Morgan fingerprint density at radius 3 is 2.62 bits per heavy atom. The van der Waals surface area contributed by atoms with Crippen LogP contribution in [0.5, 0.6) is 5.75 Å². The summed E-state index contributed by atoms with van der Waals surface area (Å²) in [6.07, 6.45) is 0. The van der Waals surface area contributed by atoms with E-state index in [-0.39, 0.29) is 17.5 Å². The highest BCUT2D eigenvalue weighted by molar-refractivity contribution is 5.81. The summed E-state index contributed by atoms with van der Waals surface area (Å²) < 4.78 is 34.3. The van der Waals surface area contributed by atoms with Gasteiger partial charge in [-0.3, -0.25) is 4.57 Å². The number of nitrogen functional groups attached to an aromatic ring is 1. The normalized spacial score (nSPS) is 11.0. The molecule has 2 N–H and O–H groups in total. The van der Waals surface area contributed by atoms with Gasteiger partial charge in [0.05, 0.1) is 23.8 Å².